The number of amides is 2. The molecule has 2 aliphatic rings. The molecule has 0 aromatic rings. The van der Waals surface area contributed by atoms with Crippen LogP contribution in [-0.2, 0) is 9.53 Å². The van der Waals surface area contributed by atoms with E-state index in [4.69, 9.17) is 9.84 Å². The van der Waals surface area contributed by atoms with Crippen molar-refractivity contribution in [3.05, 3.63) is 0 Å². The molecule has 0 radical (unpaired) electrons. The number of carbonyl (C=O) groups excluding carboxylic acids is 1. The van der Waals surface area contributed by atoms with E-state index < -0.39 is 11.4 Å². The maximum absolute atomic E-state index is 11.9. The van der Waals surface area contributed by atoms with E-state index in [0.29, 0.717) is 31.9 Å². The van der Waals surface area contributed by atoms with E-state index in [-0.39, 0.29) is 12.6 Å². The highest BCUT2D eigenvalue weighted by atomic mass is 16.5. The molecule has 0 spiro atoms. The Kier molecular flexibility index (Phi) is 3.75. The van der Waals surface area contributed by atoms with Gasteiger partial charge in [0.2, 0.25) is 0 Å². The van der Waals surface area contributed by atoms with Crippen LogP contribution in [0, 0.1) is 11.3 Å². The lowest BCUT2D eigenvalue weighted by molar-refractivity contribution is -0.143. The Labute approximate surface area is 106 Å². The zero-order chi connectivity index (χ0) is 13.2. The summed E-state index contributed by atoms with van der Waals surface area (Å²) in [5, 5.41) is 11.7. The van der Waals surface area contributed by atoms with Gasteiger partial charge in [0.05, 0.1) is 12.0 Å². The van der Waals surface area contributed by atoms with Crippen molar-refractivity contribution in [1.29, 1.82) is 0 Å². The van der Waals surface area contributed by atoms with Gasteiger partial charge in [-0.3, -0.25) is 4.79 Å². The summed E-state index contributed by atoms with van der Waals surface area (Å²) in [6, 6.07) is -0.152. The van der Waals surface area contributed by atoms with Crippen molar-refractivity contribution < 1.29 is 19.4 Å². The summed E-state index contributed by atoms with van der Waals surface area (Å²) in [5.41, 5.74) is -0.693. The molecule has 1 saturated heterocycles. The third kappa shape index (κ3) is 2.75. The van der Waals surface area contributed by atoms with Crippen molar-refractivity contribution in [2.75, 3.05) is 33.4 Å². The van der Waals surface area contributed by atoms with Gasteiger partial charge in [0, 0.05) is 32.7 Å². The number of urea groups is 1. The first-order valence-corrected chi connectivity index (χ1v) is 6.32. The third-order valence-electron chi connectivity index (χ3n) is 3.86. The minimum absolute atomic E-state index is 0.152. The molecule has 2 N–H and O–H groups in total. The van der Waals surface area contributed by atoms with Gasteiger partial charge in [-0.2, -0.15) is 0 Å². The summed E-state index contributed by atoms with van der Waals surface area (Å²) in [6.07, 6.45) is 2.27. The molecule has 0 aromatic carbocycles. The summed E-state index contributed by atoms with van der Waals surface area (Å²) >= 11 is 0. The van der Waals surface area contributed by atoms with Crippen LogP contribution in [0.1, 0.15) is 19.3 Å². The summed E-state index contributed by atoms with van der Waals surface area (Å²) < 4.78 is 5.07. The third-order valence-corrected chi connectivity index (χ3v) is 3.86. The minimum atomic E-state index is -0.804. The molecule has 1 unspecified atom stereocenters. The van der Waals surface area contributed by atoms with Crippen molar-refractivity contribution in [3.63, 3.8) is 0 Å². The first kappa shape index (κ1) is 13.1. The normalized spacial score (nSPS) is 24.9. The molecule has 1 aliphatic carbocycles. The second-order valence-electron chi connectivity index (χ2n) is 5.30. The summed E-state index contributed by atoms with van der Waals surface area (Å²) in [5.74, 6) is -0.406. The van der Waals surface area contributed by atoms with Gasteiger partial charge in [-0.05, 0) is 19.3 Å². The quantitative estimate of drug-likeness (QED) is 0.752. The number of likely N-dealkylation sites (tertiary alicyclic amines) is 1. The highest BCUT2D eigenvalue weighted by Crippen LogP contribution is 2.45. The number of carboxylic acid groups (broad SMARTS) is 1. The predicted molar refractivity (Wildman–Crippen MR) is 64.3 cm³/mol. The lowest BCUT2D eigenvalue weighted by Crippen LogP contribution is -2.42. The highest BCUT2D eigenvalue weighted by Gasteiger charge is 2.50. The molecule has 1 saturated carbocycles. The van der Waals surface area contributed by atoms with Crippen LogP contribution in [0.25, 0.3) is 0 Å². The van der Waals surface area contributed by atoms with Gasteiger partial charge < -0.3 is 20.1 Å². The Bertz CT molecular complexity index is 341. The number of rotatable bonds is 5. The van der Waals surface area contributed by atoms with Gasteiger partial charge >= 0.3 is 12.0 Å². The summed E-state index contributed by atoms with van der Waals surface area (Å²) in [7, 11) is 1.66. The fourth-order valence-electron chi connectivity index (χ4n) is 2.36. The second kappa shape index (κ2) is 5.14. The molecule has 6 nitrogen and oxygen atoms in total. The zero-order valence-corrected chi connectivity index (χ0v) is 10.6. The van der Waals surface area contributed by atoms with E-state index in [1.54, 1.807) is 12.0 Å². The molecule has 2 rings (SSSR count). The number of carboxylic acids is 1. The molecule has 0 bridgehead atoms. The van der Waals surface area contributed by atoms with Crippen LogP contribution in [0.15, 0.2) is 0 Å². The molecule has 2 fully saturated rings. The van der Waals surface area contributed by atoms with Crippen molar-refractivity contribution in [2.45, 2.75) is 19.3 Å². The average Bonchev–Trinajstić information content (AvgIpc) is 3.00. The van der Waals surface area contributed by atoms with Gasteiger partial charge in [0.15, 0.2) is 0 Å². The molecule has 18 heavy (non-hydrogen) atoms. The van der Waals surface area contributed by atoms with Gasteiger partial charge in [-0.25, -0.2) is 4.79 Å². The van der Waals surface area contributed by atoms with E-state index in [0.717, 1.165) is 13.0 Å². The van der Waals surface area contributed by atoms with Crippen molar-refractivity contribution in [2.24, 2.45) is 11.3 Å². The number of nitrogens with one attached hydrogen (secondary N) is 1. The molecule has 2 amide bonds. The maximum Gasteiger partial charge on any atom is 0.317 e. The fraction of sp³-hybridized carbons (Fsp3) is 0.833. The van der Waals surface area contributed by atoms with Gasteiger partial charge in [0.1, 0.15) is 0 Å². The van der Waals surface area contributed by atoms with Gasteiger partial charge in [-0.15, -0.1) is 0 Å². The largest absolute Gasteiger partial charge is 0.481 e. The monoisotopic (exact) mass is 256 g/mol. The summed E-state index contributed by atoms with van der Waals surface area (Å²) in [4.78, 5) is 24.6. The van der Waals surface area contributed by atoms with Crippen LogP contribution in [-0.4, -0.2) is 55.4 Å². The van der Waals surface area contributed by atoms with Crippen molar-refractivity contribution in [3.8, 4) is 0 Å². The Morgan fingerprint density at radius 3 is 2.78 bits per heavy atom. The Morgan fingerprint density at radius 1 is 1.50 bits per heavy atom. The van der Waals surface area contributed by atoms with E-state index >= 15 is 0 Å². The van der Waals surface area contributed by atoms with Gasteiger partial charge in [-0.1, -0.05) is 0 Å². The van der Waals surface area contributed by atoms with E-state index in [2.05, 4.69) is 5.32 Å². The smallest absolute Gasteiger partial charge is 0.317 e. The van der Waals surface area contributed by atoms with Crippen LogP contribution < -0.4 is 5.32 Å². The molecule has 102 valence electrons. The SMILES string of the molecule is COCC1CCN(C(=O)NCC2(C(=O)O)CC2)C1. The Balaban J connectivity index is 1.74. The van der Waals surface area contributed by atoms with Crippen LogP contribution in [0.4, 0.5) is 4.79 Å². The fourth-order valence-corrected chi connectivity index (χ4v) is 2.36. The number of methoxy groups -OCH3 is 1. The maximum atomic E-state index is 11.9. The second-order valence-corrected chi connectivity index (χ2v) is 5.30. The molecule has 1 heterocycles. The van der Waals surface area contributed by atoms with Crippen LogP contribution in [0.3, 0.4) is 0 Å². The molecule has 0 aromatic heterocycles. The number of aliphatic carboxylic acids is 1. The molecule has 1 aliphatic heterocycles. The summed E-state index contributed by atoms with van der Waals surface area (Å²) in [6.45, 7) is 2.33. The Morgan fingerprint density at radius 2 is 2.22 bits per heavy atom. The topological polar surface area (TPSA) is 78.9 Å². The van der Waals surface area contributed by atoms with Crippen molar-refractivity contribution in [1.82, 2.24) is 10.2 Å². The zero-order valence-electron chi connectivity index (χ0n) is 10.6. The molecular formula is C12H20N2O4. The first-order valence-electron chi connectivity index (χ1n) is 6.32. The standard InChI is InChI=1S/C12H20N2O4/c1-18-7-9-2-5-14(6-9)11(17)13-8-12(3-4-12)10(15)16/h9H,2-8H2,1H3,(H,13,17)(H,15,16). The minimum Gasteiger partial charge on any atom is -0.481 e. The molecular weight excluding hydrogens is 236 g/mol. The van der Waals surface area contributed by atoms with E-state index in [9.17, 15) is 9.59 Å². The van der Waals surface area contributed by atoms with Crippen LogP contribution in [0.5, 0.6) is 0 Å². The average molecular weight is 256 g/mol. The number of nitrogens with zero attached hydrogens (tertiary/aromatic N) is 1. The number of carbonyl (C=O) groups is 2. The molecule has 1 atom stereocenters. The predicted octanol–water partition coefficient (Wildman–Crippen LogP) is 0.529. The van der Waals surface area contributed by atoms with E-state index in [1.807, 2.05) is 0 Å². The number of hydrogen-bond acceptors (Lipinski definition) is 3. The lowest BCUT2D eigenvalue weighted by Gasteiger charge is -2.19. The van der Waals surface area contributed by atoms with E-state index in [1.165, 1.54) is 0 Å². The molecule has 6 heteroatoms. The van der Waals surface area contributed by atoms with Crippen LogP contribution in [0.2, 0.25) is 0 Å². The van der Waals surface area contributed by atoms with Crippen LogP contribution >= 0.6 is 0 Å². The highest BCUT2D eigenvalue weighted by molar-refractivity contribution is 5.80. The van der Waals surface area contributed by atoms with Gasteiger partial charge in [0.25, 0.3) is 0 Å². The Hall–Kier alpha value is -1.30. The number of ether oxygens (including phenoxy) is 1. The number of hydrogen-bond donors (Lipinski definition) is 2. The lowest BCUT2D eigenvalue weighted by atomic mass is 10.1. The van der Waals surface area contributed by atoms with Crippen molar-refractivity contribution >= 4 is 12.0 Å². The first-order chi connectivity index (χ1) is 8.57.